The van der Waals surface area contributed by atoms with Crippen LogP contribution in [-0.2, 0) is 9.59 Å². The standard InChI is InChI=1S/C23H20ClFN4O2/c1-14-6-5-9-19(15(14)2)28-22(30)23(31)29-26-13-16-12-17(24)10-11-20(16)27-21-8-4-3-7-18(21)25/h3-13,27H,1-2H3,(H,28,30)(H,29,31)/b26-13-. The van der Waals surface area contributed by atoms with Gasteiger partial charge in [-0.25, -0.2) is 9.82 Å². The Hall–Kier alpha value is -3.71. The summed E-state index contributed by atoms with van der Waals surface area (Å²) in [6, 6.07) is 16.5. The monoisotopic (exact) mass is 438 g/mol. The average Bonchev–Trinajstić information content (AvgIpc) is 2.74. The molecule has 0 bridgehead atoms. The van der Waals surface area contributed by atoms with Gasteiger partial charge in [-0.15, -0.1) is 0 Å². The lowest BCUT2D eigenvalue weighted by Gasteiger charge is -2.11. The number of carbonyl (C=O) groups excluding carboxylic acids is 2. The quantitative estimate of drug-likeness (QED) is 0.300. The summed E-state index contributed by atoms with van der Waals surface area (Å²) in [6.07, 6.45) is 1.32. The lowest BCUT2D eigenvalue weighted by molar-refractivity contribution is -0.136. The fourth-order valence-electron chi connectivity index (χ4n) is 2.74. The molecule has 0 unspecified atom stereocenters. The van der Waals surface area contributed by atoms with Crippen LogP contribution in [0.2, 0.25) is 5.02 Å². The van der Waals surface area contributed by atoms with Gasteiger partial charge < -0.3 is 10.6 Å². The van der Waals surface area contributed by atoms with Crippen LogP contribution < -0.4 is 16.1 Å². The first kappa shape index (κ1) is 22.0. The SMILES string of the molecule is Cc1cccc(NC(=O)C(=O)N/N=C\c2cc(Cl)ccc2Nc2ccccc2F)c1C. The van der Waals surface area contributed by atoms with Gasteiger partial charge in [-0.3, -0.25) is 9.59 Å². The molecule has 2 amide bonds. The van der Waals surface area contributed by atoms with E-state index in [1.807, 2.05) is 19.9 Å². The predicted molar refractivity (Wildman–Crippen MR) is 121 cm³/mol. The minimum Gasteiger partial charge on any atom is -0.353 e. The van der Waals surface area contributed by atoms with Crippen molar-refractivity contribution in [1.29, 1.82) is 0 Å². The van der Waals surface area contributed by atoms with Crippen molar-refractivity contribution in [2.45, 2.75) is 13.8 Å². The Balaban J connectivity index is 1.69. The van der Waals surface area contributed by atoms with E-state index in [2.05, 4.69) is 21.2 Å². The van der Waals surface area contributed by atoms with Gasteiger partial charge in [0.05, 0.1) is 11.9 Å². The van der Waals surface area contributed by atoms with Crippen LogP contribution in [0.15, 0.2) is 65.8 Å². The van der Waals surface area contributed by atoms with Crippen LogP contribution in [0.1, 0.15) is 16.7 Å². The highest BCUT2D eigenvalue weighted by Crippen LogP contribution is 2.24. The van der Waals surface area contributed by atoms with E-state index in [1.54, 1.807) is 48.5 Å². The summed E-state index contributed by atoms with van der Waals surface area (Å²) in [5.74, 6) is -2.19. The summed E-state index contributed by atoms with van der Waals surface area (Å²) in [5.41, 5.74) is 5.88. The van der Waals surface area contributed by atoms with Gasteiger partial charge in [0.15, 0.2) is 0 Å². The Morgan fingerprint density at radius 3 is 2.45 bits per heavy atom. The summed E-state index contributed by atoms with van der Waals surface area (Å²) in [5, 5.41) is 9.78. The number of nitrogens with one attached hydrogen (secondary N) is 3. The Morgan fingerprint density at radius 2 is 1.68 bits per heavy atom. The first-order valence-electron chi connectivity index (χ1n) is 9.37. The summed E-state index contributed by atoms with van der Waals surface area (Å²) in [4.78, 5) is 24.2. The van der Waals surface area contributed by atoms with Crippen LogP contribution in [0.25, 0.3) is 0 Å². The first-order chi connectivity index (χ1) is 14.8. The van der Waals surface area contributed by atoms with Gasteiger partial charge in [0, 0.05) is 22.0 Å². The second kappa shape index (κ2) is 9.86. The normalized spacial score (nSPS) is 10.7. The molecule has 0 radical (unpaired) electrons. The third-order valence-corrected chi connectivity index (χ3v) is 4.82. The minimum atomic E-state index is -0.928. The molecule has 0 heterocycles. The van der Waals surface area contributed by atoms with Gasteiger partial charge >= 0.3 is 11.8 Å². The van der Waals surface area contributed by atoms with E-state index in [4.69, 9.17) is 11.6 Å². The van der Waals surface area contributed by atoms with Gasteiger partial charge in [0.25, 0.3) is 0 Å². The van der Waals surface area contributed by atoms with Crippen LogP contribution in [0.3, 0.4) is 0 Å². The van der Waals surface area contributed by atoms with Crippen LogP contribution in [0, 0.1) is 19.7 Å². The summed E-state index contributed by atoms with van der Waals surface area (Å²) in [7, 11) is 0. The molecule has 0 aliphatic carbocycles. The lowest BCUT2D eigenvalue weighted by Crippen LogP contribution is -2.32. The molecular formula is C23H20ClFN4O2. The molecule has 0 spiro atoms. The zero-order valence-corrected chi connectivity index (χ0v) is 17.6. The van der Waals surface area contributed by atoms with Crippen molar-refractivity contribution in [3.05, 3.63) is 88.2 Å². The van der Waals surface area contributed by atoms with Crippen molar-refractivity contribution >= 4 is 46.7 Å². The maximum absolute atomic E-state index is 13.9. The van der Waals surface area contributed by atoms with E-state index in [0.29, 0.717) is 22.0 Å². The number of rotatable bonds is 5. The molecule has 158 valence electrons. The molecule has 0 fully saturated rings. The number of hydrazone groups is 1. The molecule has 0 aliphatic heterocycles. The summed E-state index contributed by atoms with van der Waals surface area (Å²) < 4.78 is 13.9. The Labute approximate surface area is 184 Å². The highest BCUT2D eigenvalue weighted by Gasteiger charge is 2.14. The summed E-state index contributed by atoms with van der Waals surface area (Å²) in [6.45, 7) is 3.76. The number of aryl methyl sites for hydroxylation is 1. The third-order valence-electron chi connectivity index (χ3n) is 4.59. The topological polar surface area (TPSA) is 82.6 Å². The van der Waals surface area contributed by atoms with Crippen LogP contribution >= 0.6 is 11.6 Å². The van der Waals surface area contributed by atoms with E-state index in [0.717, 1.165) is 11.1 Å². The smallest absolute Gasteiger partial charge is 0.329 e. The first-order valence-corrected chi connectivity index (χ1v) is 9.74. The number of para-hydroxylation sites is 1. The number of halogens is 2. The molecule has 0 saturated carbocycles. The van der Waals surface area contributed by atoms with Gasteiger partial charge in [0.2, 0.25) is 0 Å². The average molecular weight is 439 g/mol. The summed E-state index contributed by atoms with van der Waals surface area (Å²) >= 11 is 6.05. The van der Waals surface area contributed by atoms with E-state index in [-0.39, 0.29) is 5.69 Å². The van der Waals surface area contributed by atoms with Crippen LogP contribution in [0.4, 0.5) is 21.5 Å². The molecule has 3 rings (SSSR count). The highest BCUT2D eigenvalue weighted by atomic mass is 35.5. The second-order valence-corrected chi connectivity index (χ2v) is 7.17. The number of anilines is 3. The van der Waals surface area contributed by atoms with Crippen molar-refractivity contribution < 1.29 is 14.0 Å². The fraction of sp³-hybridized carbons (Fsp3) is 0.0870. The van der Waals surface area contributed by atoms with Crippen molar-refractivity contribution in [2.75, 3.05) is 10.6 Å². The molecule has 3 aromatic rings. The van der Waals surface area contributed by atoms with Crippen molar-refractivity contribution in [1.82, 2.24) is 5.43 Å². The number of amides is 2. The lowest BCUT2D eigenvalue weighted by atomic mass is 10.1. The number of nitrogens with zero attached hydrogens (tertiary/aromatic N) is 1. The number of carbonyl (C=O) groups is 2. The number of hydrogen-bond donors (Lipinski definition) is 3. The molecule has 3 aromatic carbocycles. The maximum Gasteiger partial charge on any atom is 0.329 e. The predicted octanol–water partition coefficient (Wildman–Crippen LogP) is 4.93. The van der Waals surface area contributed by atoms with Crippen molar-refractivity contribution in [3.63, 3.8) is 0 Å². The van der Waals surface area contributed by atoms with Gasteiger partial charge in [-0.1, -0.05) is 35.9 Å². The van der Waals surface area contributed by atoms with Crippen LogP contribution in [0.5, 0.6) is 0 Å². The fourth-order valence-corrected chi connectivity index (χ4v) is 2.92. The zero-order valence-electron chi connectivity index (χ0n) is 16.9. The molecule has 3 N–H and O–H groups in total. The number of benzene rings is 3. The molecule has 0 aromatic heterocycles. The van der Waals surface area contributed by atoms with E-state index in [1.165, 1.54) is 12.3 Å². The van der Waals surface area contributed by atoms with E-state index < -0.39 is 17.6 Å². The molecule has 0 aliphatic rings. The Kier molecular flexibility index (Phi) is 6.99. The molecule has 31 heavy (non-hydrogen) atoms. The molecule has 0 saturated heterocycles. The molecule has 6 nitrogen and oxygen atoms in total. The largest absolute Gasteiger partial charge is 0.353 e. The van der Waals surface area contributed by atoms with Crippen molar-refractivity contribution in [3.8, 4) is 0 Å². The molecule has 0 atom stereocenters. The van der Waals surface area contributed by atoms with Gasteiger partial charge in [-0.2, -0.15) is 5.10 Å². The number of hydrogen-bond acceptors (Lipinski definition) is 4. The van der Waals surface area contributed by atoms with E-state index >= 15 is 0 Å². The third kappa shape index (κ3) is 5.67. The van der Waals surface area contributed by atoms with Gasteiger partial charge in [0.1, 0.15) is 5.82 Å². The molecular weight excluding hydrogens is 419 g/mol. The van der Waals surface area contributed by atoms with E-state index in [9.17, 15) is 14.0 Å². The Bertz CT molecular complexity index is 1160. The molecule has 8 heteroatoms. The van der Waals surface area contributed by atoms with Gasteiger partial charge in [-0.05, 0) is 61.4 Å². The van der Waals surface area contributed by atoms with Crippen LogP contribution in [-0.4, -0.2) is 18.0 Å². The Morgan fingerprint density at radius 1 is 0.935 bits per heavy atom. The zero-order chi connectivity index (χ0) is 22.4. The minimum absolute atomic E-state index is 0.274. The maximum atomic E-state index is 13.9. The second-order valence-electron chi connectivity index (χ2n) is 6.74. The van der Waals surface area contributed by atoms with Crippen molar-refractivity contribution in [2.24, 2.45) is 5.10 Å². The highest BCUT2D eigenvalue weighted by molar-refractivity contribution is 6.39.